The molecule has 0 heterocycles. The molecular weight excluding hydrogens is 386 g/mol. The third-order valence-corrected chi connectivity index (χ3v) is 5.54. The summed E-state index contributed by atoms with van der Waals surface area (Å²) in [5, 5.41) is 11.0. The second-order valence-corrected chi connectivity index (χ2v) is 8.21. The fraction of sp³-hybridized carbons (Fsp3) is 0.519. The number of rotatable bonds is 17. The lowest BCUT2D eigenvalue weighted by Gasteiger charge is -2.24. The van der Waals surface area contributed by atoms with Crippen LogP contribution < -0.4 is 5.06 Å². The summed E-state index contributed by atoms with van der Waals surface area (Å²) in [7, 11) is 0. The number of para-hydroxylation sites is 1. The molecule has 0 amide bonds. The van der Waals surface area contributed by atoms with E-state index < -0.39 is 5.97 Å². The SMILES string of the molecule is CCCCCCCCCCCCCCON(c1ccccc1)c1cccc(C(=O)O)c1. The zero-order chi connectivity index (χ0) is 22.2. The van der Waals surface area contributed by atoms with Crippen LogP contribution in [-0.4, -0.2) is 17.7 Å². The van der Waals surface area contributed by atoms with Crippen molar-refractivity contribution < 1.29 is 14.7 Å². The van der Waals surface area contributed by atoms with E-state index in [1.807, 2.05) is 36.4 Å². The van der Waals surface area contributed by atoms with Gasteiger partial charge in [-0.15, -0.1) is 0 Å². The summed E-state index contributed by atoms with van der Waals surface area (Å²) in [6.07, 6.45) is 15.7. The van der Waals surface area contributed by atoms with Crippen LogP contribution >= 0.6 is 0 Å². The highest BCUT2D eigenvalue weighted by molar-refractivity contribution is 5.89. The van der Waals surface area contributed by atoms with Crippen LogP contribution in [0.1, 0.15) is 94.3 Å². The Labute approximate surface area is 188 Å². The van der Waals surface area contributed by atoms with Crippen molar-refractivity contribution in [3.63, 3.8) is 0 Å². The Morgan fingerprint density at radius 3 is 1.87 bits per heavy atom. The minimum atomic E-state index is -0.934. The zero-order valence-electron chi connectivity index (χ0n) is 19.1. The number of aromatic carboxylic acids is 1. The fourth-order valence-corrected chi connectivity index (χ4v) is 3.73. The van der Waals surface area contributed by atoms with Crippen LogP contribution in [0.3, 0.4) is 0 Å². The van der Waals surface area contributed by atoms with Crippen molar-refractivity contribution >= 4 is 17.3 Å². The summed E-state index contributed by atoms with van der Waals surface area (Å²) in [6, 6.07) is 16.7. The topological polar surface area (TPSA) is 49.8 Å². The molecule has 31 heavy (non-hydrogen) atoms. The van der Waals surface area contributed by atoms with Gasteiger partial charge in [0.05, 0.1) is 23.5 Å². The van der Waals surface area contributed by atoms with Gasteiger partial charge in [-0.1, -0.05) is 102 Å². The van der Waals surface area contributed by atoms with Gasteiger partial charge in [-0.3, -0.25) is 4.84 Å². The van der Waals surface area contributed by atoms with Gasteiger partial charge in [0.2, 0.25) is 0 Å². The average molecular weight is 426 g/mol. The maximum absolute atomic E-state index is 11.3. The molecule has 0 unspecified atom stereocenters. The van der Waals surface area contributed by atoms with Crippen molar-refractivity contribution in [3.8, 4) is 0 Å². The maximum atomic E-state index is 11.3. The Morgan fingerprint density at radius 2 is 1.29 bits per heavy atom. The molecule has 0 spiro atoms. The number of hydrogen-bond donors (Lipinski definition) is 1. The van der Waals surface area contributed by atoms with Crippen LogP contribution in [0, 0.1) is 0 Å². The number of carbonyl (C=O) groups is 1. The minimum Gasteiger partial charge on any atom is -0.478 e. The molecule has 0 aliphatic rings. The third kappa shape index (κ3) is 10.0. The highest BCUT2D eigenvalue weighted by Gasteiger charge is 2.12. The van der Waals surface area contributed by atoms with Gasteiger partial charge in [-0.25, -0.2) is 9.86 Å². The summed E-state index contributed by atoms with van der Waals surface area (Å²) in [5.41, 5.74) is 1.88. The lowest BCUT2D eigenvalue weighted by atomic mass is 10.1. The van der Waals surface area contributed by atoms with Gasteiger partial charge in [0, 0.05) is 0 Å². The molecule has 170 valence electrons. The van der Waals surface area contributed by atoms with Gasteiger partial charge < -0.3 is 5.11 Å². The number of benzene rings is 2. The third-order valence-electron chi connectivity index (χ3n) is 5.54. The van der Waals surface area contributed by atoms with E-state index >= 15 is 0 Å². The van der Waals surface area contributed by atoms with Crippen LogP contribution in [0.25, 0.3) is 0 Å². The molecule has 0 fully saturated rings. The Balaban J connectivity index is 1.69. The number of anilines is 2. The van der Waals surface area contributed by atoms with Crippen molar-refractivity contribution in [3.05, 3.63) is 60.2 Å². The Kier molecular flexibility index (Phi) is 12.4. The van der Waals surface area contributed by atoms with E-state index in [0.717, 1.165) is 24.2 Å². The van der Waals surface area contributed by atoms with Crippen LogP contribution in [0.4, 0.5) is 11.4 Å². The van der Waals surface area contributed by atoms with Crippen molar-refractivity contribution in [2.45, 2.75) is 84.0 Å². The molecule has 2 aromatic carbocycles. The highest BCUT2D eigenvalue weighted by Crippen LogP contribution is 2.26. The lowest BCUT2D eigenvalue weighted by Crippen LogP contribution is -2.19. The van der Waals surface area contributed by atoms with E-state index in [1.54, 1.807) is 23.3 Å². The highest BCUT2D eigenvalue weighted by atomic mass is 16.7. The smallest absolute Gasteiger partial charge is 0.335 e. The molecule has 4 nitrogen and oxygen atoms in total. The number of carboxylic acid groups (broad SMARTS) is 1. The van der Waals surface area contributed by atoms with E-state index in [0.29, 0.717) is 6.61 Å². The Bertz CT molecular complexity index is 732. The normalized spacial score (nSPS) is 10.9. The molecular formula is C27H39NO3. The Hall–Kier alpha value is -2.33. The van der Waals surface area contributed by atoms with E-state index in [4.69, 9.17) is 4.84 Å². The largest absolute Gasteiger partial charge is 0.478 e. The molecule has 0 atom stereocenters. The first-order valence-corrected chi connectivity index (χ1v) is 12.0. The number of unbranched alkanes of at least 4 members (excludes halogenated alkanes) is 11. The second kappa shape index (κ2) is 15.5. The molecule has 1 N–H and O–H groups in total. The quantitative estimate of drug-likeness (QED) is 0.205. The average Bonchev–Trinajstić information content (AvgIpc) is 2.80. The predicted octanol–water partition coefficient (Wildman–Crippen LogP) is 8.16. The summed E-state index contributed by atoms with van der Waals surface area (Å²) in [5.74, 6) is -0.934. The molecule has 0 saturated heterocycles. The minimum absolute atomic E-state index is 0.257. The summed E-state index contributed by atoms with van der Waals surface area (Å²) >= 11 is 0. The second-order valence-electron chi connectivity index (χ2n) is 8.21. The van der Waals surface area contributed by atoms with Gasteiger partial charge >= 0.3 is 5.97 Å². The van der Waals surface area contributed by atoms with E-state index in [-0.39, 0.29) is 5.56 Å². The molecule has 2 rings (SSSR count). The maximum Gasteiger partial charge on any atom is 0.335 e. The molecule has 0 saturated carbocycles. The van der Waals surface area contributed by atoms with Gasteiger partial charge in [0.1, 0.15) is 0 Å². The first-order valence-electron chi connectivity index (χ1n) is 12.0. The molecule has 2 aromatic rings. The van der Waals surface area contributed by atoms with Gasteiger partial charge in [0.25, 0.3) is 0 Å². The van der Waals surface area contributed by atoms with Crippen LogP contribution in [0.2, 0.25) is 0 Å². The first kappa shape index (κ1) is 24.9. The molecule has 0 bridgehead atoms. The summed E-state index contributed by atoms with van der Waals surface area (Å²) < 4.78 is 0. The Morgan fingerprint density at radius 1 is 0.742 bits per heavy atom. The summed E-state index contributed by atoms with van der Waals surface area (Å²) in [6.45, 7) is 2.88. The van der Waals surface area contributed by atoms with Crippen molar-refractivity contribution in [1.29, 1.82) is 0 Å². The molecule has 4 heteroatoms. The fourth-order valence-electron chi connectivity index (χ4n) is 3.73. The van der Waals surface area contributed by atoms with Crippen molar-refractivity contribution in [2.24, 2.45) is 0 Å². The molecule has 0 aliphatic heterocycles. The first-order chi connectivity index (χ1) is 15.2. The van der Waals surface area contributed by atoms with Crippen LogP contribution in [-0.2, 0) is 4.84 Å². The zero-order valence-corrected chi connectivity index (χ0v) is 19.1. The van der Waals surface area contributed by atoms with E-state index in [1.165, 1.54) is 64.2 Å². The van der Waals surface area contributed by atoms with Gasteiger partial charge in [-0.2, -0.15) is 0 Å². The van der Waals surface area contributed by atoms with Crippen LogP contribution in [0.15, 0.2) is 54.6 Å². The van der Waals surface area contributed by atoms with Crippen molar-refractivity contribution in [1.82, 2.24) is 0 Å². The number of hydrogen-bond acceptors (Lipinski definition) is 3. The van der Waals surface area contributed by atoms with Gasteiger partial charge in [0.15, 0.2) is 0 Å². The number of carboxylic acids is 1. The number of nitrogens with zero attached hydrogens (tertiary/aromatic N) is 1. The molecule has 0 aromatic heterocycles. The molecule has 0 radical (unpaired) electrons. The standard InChI is InChI=1S/C27H39NO3/c1-2-3-4-5-6-7-8-9-10-11-12-16-22-31-28(25-19-14-13-15-20-25)26-21-17-18-24(23-26)27(29)30/h13-15,17-21,23H,2-12,16,22H2,1H3,(H,29,30). The lowest BCUT2D eigenvalue weighted by molar-refractivity contribution is 0.0696. The van der Waals surface area contributed by atoms with Crippen molar-refractivity contribution in [2.75, 3.05) is 11.7 Å². The van der Waals surface area contributed by atoms with Crippen LogP contribution in [0.5, 0.6) is 0 Å². The van der Waals surface area contributed by atoms with E-state index in [9.17, 15) is 9.90 Å². The predicted molar refractivity (Wildman–Crippen MR) is 129 cm³/mol. The van der Waals surface area contributed by atoms with E-state index in [2.05, 4.69) is 6.92 Å². The summed E-state index contributed by atoms with van der Waals surface area (Å²) in [4.78, 5) is 17.4. The monoisotopic (exact) mass is 425 g/mol. The molecule has 0 aliphatic carbocycles. The van der Waals surface area contributed by atoms with Gasteiger partial charge in [-0.05, 0) is 36.8 Å².